The summed E-state index contributed by atoms with van der Waals surface area (Å²) in [7, 11) is 2.99. The van der Waals surface area contributed by atoms with Gasteiger partial charge in [-0.3, -0.25) is 19.3 Å². The second kappa shape index (κ2) is 8.25. The highest BCUT2D eigenvalue weighted by atomic mass is 32.1. The first-order chi connectivity index (χ1) is 17.3. The summed E-state index contributed by atoms with van der Waals surface area (Å²) in [5.41, 5.74) is 1.77. The molecule has 37 heavy (non-hydrogen) atoms. The van der Waals surface area contributed by atoms with Crippen LogP contribution < -0.4 is 5.73 Å². The number of nitrogens with two attached hydrogens (primary N) is 1. The third kappa shape index (κ3) is 3.11. The first-order valence-corrected chi connectivity index (χ1v) is 12.5. The maximum Gasteiger partial charge on any atom is 0.255 e. The van der Waals surface area contributed by atoms with E-state index in [0.717, 1.165) is 0 Å². The molecule has 10 nitrogen and oxygen atoms in total. The number of thiophene rings is 1. The fourth-order valence-corrected chi connectivity index (χ4v) is 7.01. The maximum atomic E-state index is 13.8. The van der Waals surface area contributed by atoms with E-state index in [0.29, 0.717) is 16.0 Å². The van der Waals surface area contributed by atoms with Crippen LogP contribution >= 0.6 is 11.3 Å². The average Bonchev–Trinajstić information content (AvgIpc) is 3.35. The minimum absolute atomic E-state index is 0.105. The molecule has 0 unspecified atom stereocenters. The lowest BCUT2D eigenvalue weighted by Gasteiger charge is -2.53. The molecule has 0 spiro atoms. The van der Waals surface area contributed by atoms with Crippen LogP contribution in [0.3, 0.4) is 0 Å². The van der Waals surface area contributed by atoms with Gasteiger partial charge in [-0.2, -0.15) is 0 Å². The largest absolute Gasteiger partial charge is 0.510 e. The number of carbonyl (C=O) groups is 3. The number of Topliss-reactive ketones (excluding diaryl/α,β-unsaturated/α-hetero) is 2. The topological polar surface area (TPSA) is 182 Å². The number of primary amides is 1. The van der Waals surface area contributed by atoms with Crippen molar-refractivity contribution in [3.63, 3.8) is 0 Å². The Balaban J connectivity index is 1.79. The number of ketones is 2. The number of phenols is 1. The van der Waals surface area contributed by atoms with Crippen LogP contribution in [0.25, 0.3) is 10.4 Å². The van der Waals surface area contributed by atoms with Crippen molar-refractivity contribution < 1.29 is 39.9 Å². The molecule has 0 fully saturated rings. The van der Waals surface area contributed by atoms with E-state index in [1.54, 1.807) is 31.2 Å². The van der Waals surface area contributed by atoms with Crippen LogP contribution in [0.4, 0.5) is 0 Å². The second-order valence-corrected chi connectivity index (χ2v) is 10.9. The summed E-state index contributed by atoms with van der Waals surface area (Å²) >= 11 is 1.35. The zero-order chi connectivity index (χ0) is 27.1. The standard InChI is InChI=1S/C26H26N2O8S/c1-9-10-6-7-11(12-5-4-8-37-12)19(29)14(10)20(30)15-13(9)21(31)17-18(28(2)3)22(32)16(25(27)35)24(34)26(17,36)23(15)33/h4-9,13,17-18,21,29,31-33,36H,1-3H3,(H2,27,35)/t9-,13+,17-,18+,21+,26-/m0/s1. The lowest BCUT2D eigenvalue weighted by atomic mass is 9.55. The van der Waals surface area contributed by atoms with Gasteiger partial charge in [-0.05, 0) is 43.1 Å². The van der Waals surface area contributed by atoms with E-state index in [9.17, 15) is 39.9 Å². The molecule has 11 heteroatoms. The minimum atomic E-state index is -2.93. The van der Waals surface area contributed by atoms with Gasteiger partial charge in [0.15, 0.2) is 11.4 Å². The van der Waals surface area contributed by atoms with Crippen molar-refractivity contribution in [2.24, 2.45) is 17.6 Å². The Morgan fingerprint density at radius 2 is 1.81 bits per heavy atom. The molecule has 0 saturated carbocycles. The number of hydrogen-bond acceptors (Lipinski definition) is 10. The van der Waals surface area contributed by atoms with Gasteiger partial charge >= 0.3 is 0 Å². The Morgan fingerprint density at radius 1 is 1.14 bits per heavy atom. The van der Waals surface area contributed by atoms with E-state index in [1.807, 2.05) is 5.38 Å². The highest BCUT2D eigenvalue weighted by molar-refractivity contribution is 7.13. The van der Waals surface area contributed by atoms with E-state index in [2.05, 4.69) is 0 Å². The van der Waals surface area contributed by atoms with Gasteiger partial charge in [0, 0.05) is 21.9 Å². The summed E-state index contributed by atoms with van der Waals surface area (Å²) in [5.74, 6) is -8.96. The molecule has 3 aliphatic carbocycles. The van der Waals surface area contributed by atoms with Gasteiger partial charge in [-0.25, -0.2) is 0 Å². The number of phenolic OH excluding ortho intramolecular Hbond substituents is 1. The van der Waals surface area contributed by atoms with E-state index >= 15 is 0 Å². The third-order valence-electron chi connectivity index (χ3n) is 7.92. The van der Waals surface area contributed by atoms with Crippen molar-refractivity contribution in [1.29, 1.82) is 0 Å². The normalized spacial score (nSPS) is 31.4. The number of likely N-dealkylation sites (N-methyl/N-ethyl adjacent to an activating group) is 1. The maximum absolute atomic E-state index is 13.8. The number of aliphatic hydroxyl groups excluding tert-OH is 3. The van der Waals surface area contributed by atoms with Crippen molar-refractivity contribution in [3.05, 3.63) is 63.4 Å². The number of fused-ring (bicyclic) bond motifs is 3. The van der Waals surface area contributed by atoms with Crippen LogP contribution in [0.5, 0.6) is 5.75 Å². The van der Waals surface area contributed by atoms with Crippen molar-refractivity contribution in [1.82, 2.24) is 4.90 Å². The lowest BCUT2D eigenvalue weighted by Crippen LogP contribution is -2.68. The van der Waals surface area contributed by atoms with E-state index in [1.165, 1.54) is 30.3 Å². The Kier molecular flexibility index (Phi) is 5.61. The van der Waals surface area contributed by atoms with Gasteiger partial charge in [0.1, 0.15) is 22.8 Å². The molecule has 0 aliphatic heterocycles. The summed E-state index contributed by atoms with van der Waals surface area (Å²) in [6, 6.07) is 5.61. The summed E-state index contributed by atoms with van der Waals surface area (Å²) in [4.78, 5) is 41.4. The Hall–Kier alpha value is -3.51. The molecule has 0 bridgehead atoms. The van der Waals surface area contributed by atoms with Crippen LogP contribution in [-0.2, 0) is 9.59 Å². The SMILES string of the molecule is C[C@H]1c2ccc(-c3cccs3)c(O)c2C(=O)C2=C(O)[C@]3(O)C(=O)C(C(N)=O)=C(O)[C@H](N(C)C)[C@H]3[C@H](O)[C@@H]21. The quantitative estimate of drug-likeness (QED) is 0.322. The van der Waals surface area contributed by atoms with Crippen molar-refractivity contribution in [2.75, 3.05) is 14.1 Å². The van der Waals surface area contributed by atoms with E-state index in [4.69, 9.17) is 5.73 Å². The molecule has 5 rings (SSSR count). The highest BCUT2D eigenvalue weighted by Crippen LogP contribution is 2.56. The average molecular weight is 527 g/mol. The molecule has 2 aromatic rings. The van der Waals surface area contributed by atoms with Gasteiger partial charge in [0.05, 0.1) is 23.6 Å². The van der Waals surface area contributed by atoms with Gasteiger partial charge in [-0.1, -0.05) is 19.1 Å². The summed E-state index contributed by atoms with van der Waals surface area (Å²) in [6.45, 7) is 1.70. The van der Waals surface area contributed by atoms with Crippen molar-refractivity contribution >= 4 is 28.8 Å². The minimum Gasteiger partial charge on any atom is -0.510 e. The van der Waals surface area contributed by atoms with Crippen molar-refractivity contribution in [2.45, 2.75) is 30.6 Å². The number of carbonyl (C=O) groups excluding carboxylic acids is 3. The zero-order valence-corrected chi connectivity index (χ0v) is 21.0. The van der Waals surface area contributed by atoms with Gasteiger partial charge in [0.2, 0.25) is 5.78 Å². The molecular weight excluding hydrogens is 500 g/mol. The number of aliphatic hydroxyl groups is 4. The number of aromatic hydroxyl groups is 1. The number of nitrogens with zero attached hydrogens (tertiary/aromatic N) is 1. The summed E-state index contributed by atoms with van der Waals surface area (Å²) in [5, 5.41) is 58.5. The van der Waals surface area contributed by atoms with Gasteiger partial charge in [-0.15, -0.1) is 11.3 Å². The first-order valence-electron chi connectivity index (χ1n) is 11.6. The second-order valence-electron chi connectivity index (χ2n) is 9.95. The predicted molar refractivity (Wildman–Crippen MR) is 133 cm³/mol. The fourth-order valence-electron chi connectivity index (χ4n) is 6.25. The molecule has 194 valence electrons. The zero-order valence-electron chi connectivity index (χ0n) is 20.2. The summed E-state index contributed by atoms with van der Waals surface area (Å²) in [6.07, 6.45) is -1.62. The number of benzene rings is 1. The van der Waals surface area contributed by atoms with Gasteiger partial charge < -0.3 is 31.3 Å². The van der Waals surface area contributed by atoms with Gasteiger partial charge in [0.25, 0.3) is 5.91 Å². The number of amides is 1. The molecule has 3 aliphatic rings. The van der Waals surface area contributed by atoms with Crippen LogP contribution in [0.2, 0.25) is 0 Å². The summed E-state index contributed by atoms with van der Waals surface area (Å²) < 4.78 is 0. The Morgan fingerprint density at radius 3 is 2.38 bits per heavy atom. The van der Waals surface area contributed by atoms with Crippen LogP contribution in [0, 0.1) is 11.8 Å². The number of hydrogen-bond donors (Lipinski definition) is 6. The Bertz CT molecular complexity index is 1430. The lowest BCUT2D eigenvalue weighted by molar-refractivity contribution is -0.162. The fraction of sp³-hybridized carbons (Fsp3) is 0.346. The molecular formula is C26H26N2O8S. The highest BCUT2D eigenvalue weighted by Gasteiger charge is 2.67. The van der Waals surface area contributed by atoms with Crippen molar-refractivity contribution in [3.8, 4) is 16.2 Å². The Labute approximate surface area is 215 Å². The monoisotopic (exact) mass is 526 g/mol. The third-order valence-corrected chi connectivity index (χ3v) is 8.82. The molecule has 7 N–H and O–H groups in total. The van der Waals surface area contributed by atoms with E-state index in [-0.39, 0.29) is 11.3 Å². The van der Waals surface area contributed by atoms with E-state index < -0.39 is 75.6 Å². The van der Waals surface area contributed by atoms with Crippen LogP contribution in [0.1, 0.15) is 28.8 Å². The predicted octanol–water partition coefficient (Wildman–Crippen LogP) is 1.38. The molecule has 0 saturated heterocycles. The van der Waals surface area contributed by atoms with Crippen LogP contribution in [-0.4, -0.2) is 79.7 Å². The molecule has 1 aromatic heterocycles. The van der Waals surface area contributed by atoms with Crippen LogP contribution in [0.15, 0.2) is 52.3 Å². The molecule has 1 amide bonds. The first kappa shape index (κ1) is 25.2. The molecule has 0 radical (unpaired) electrons. The molecule has 1 aromatic carbocycles. The number of rotatable bonds is 3. The smallest absolute Gasteiger partial charge is 0.255 e. The molecule has 6 atom stereocenters. The molecule has 1 heterocycles.